The average molecular weight is 871 g/mol. The zero-order valence-corrected chi connectivity index (χ0v) is 37.0. The summed E-state index contributed by atoms with van der Waals surface area (Å²) in [6.07, 6.45) is 14.7. The minimum Gasteiger partial charge on any atom is -0.481 e. The molecule has 4 amide bonds. The van der Waals surface area contributed by atoms with E-state index in [9.17, 15) is 33.9 Å². The van der Waals surface area contributed by atoms with E-state index in [1.807, 2.05) is 13.8 Å². The second kappa shape index (κ2) is 38.6. The Morgan fingerprint density at radius 3 is 1.46 bits per heavy atom. The zero-order chi connectivity index (χ0) is 45.5. The van der Waals surface area contributed by atoms with Gasteiger partial charge in [0.1, 0.15) is 19.3 Å². The van der Waals surface area contributed by atoms with Crippen molar-refractivity contribution in [1.82, 2.24) is 26.6 Å². The molecule has 0 saturated heterocycles. The van der Waals surface area contributed by atoms with E-state index < -0.39 is 29.8 Å². The van der Waals surface area contributed by atoms with Gasteiger partial charge in [0.05, 0.1) is 39.6 Å². The normalized spacial score (nSPS) is 12.4. The third-order valence-corrected chi connectivity index (χ3v) is 9.36. The molecule has 0 aliphatic rings. The summed E-state index contributed by atoms with van der Waals surface area (Å²) in [5.41, 5.74) is 6.74. The number of carboxylic acid groups (broad SMARTS) is 2. The van der Waals surface area contributed by atoms with Gasteiger partial charge in [-0.3, -0.25) is 24.0 Å². The fourth-order valence-electron chi connectivity index (χ4n) is 5.97. The number of rotatable bonds is 44. The third kappa shape index (κ3) is 39.6. The number of primary amides is 1. The molecule has 0 unspecified atom stereocenters. The molecule has 3 atom stereocenters. The molecule has 0 aromatic rings. The number of hydrogen-bond acceptors (Lipinski definition) is 12. The first-order valence-corrected chi connectivity index (χ1v) is 21.9. The number of aliphatic carboxylic acids is 2. The number of carbonyl (C=O) groups excluding carboxylic acids is 4. The van der Waals surface area contributed by atoms with Crippen LogP contribution in [-0.2, 0) is 47.7 Å². The van der Waals surface area contributed by atoms with Gasteiger partial charge in [-0.15, -0.1) is 0 Å². The number of carboxylic acids is 2. The summed E-state index contributed by atoms with van der Waals surface area (Å²) in [7, 11) is 0. The van der Waals surface area contributed by atoms with Crippen molar-refractivity contribution in [1.29, 1.82) is 0 Å². The van der Waals surface area contributed by atoms with Crippen molar-refractivity contribution in [3.63, 3.8) is 0 Å². The van der Waals surface area contributed by atoms with E-state index in [-0.39, 0.29) is 96.0 Å². The van der Waals surface area contributed by atoms with Crippen molar-refractivity contribution in [2.24, 2.45) is 5.73 Å². The van der Waals surface area contributed by atoms with Crippen LogP contribution in [0.25, 0.3) is 0 Å². The molecule has 0 heterocycles. The standard InChI is InChI=1S/C43H78N6O12/c1-33(15-13-11-9-7-5-6-8-10-12-14-16-42(54)55)47-36(4)19-22-39(51)45-23-25-58-27-29-60-31-40(52)46-24-26-59-28-30-61-32-41(53)49-37(43(56)57)20-17-34(2)48-35(3)18-21-38(44)50/h35-37,47-48H,1-2,5-32H2,3-4H3,(H2,44,50)(H,45,51)(H,46,52)(H,49,53)(H,54,55)(H,56,57)/t35-,36-,37+/m1/s1. The first kappa shape index (κ1) is 56.7. The molecule has 0 aromatic heterocycles. The van der Waals surface area contributed by atoms with Gasteiger partial charge < -0.3 is 61.5 Å². The van der Waals surface area contributed by atoms with E-state index in [1.165, 1.54) is 38.5 Å². The summed E-state index contributed by atoms with van der Waals surface area (Å²) >= 11 is 0. The Kier molecular flexibility index (Phi) is 35.9. The number of carbonyl (C=O) groups is 6. The lowest BCUT2D eigenvalue weighted by molar-refractivity contribution is -0.142. The van der Waals surface area contributed by atoms with Crippen molar-refractivity contribution < 1.29 is 57.9 Å². The highest BCUT2D eigenvalue weighted by Gasteiger charge is 2.20. The molecule has 0 aliphatic carbocycles. The Morgan fingerprint density at radius 1 is 0.508 bits per heavy atom. The van der Waals surface area contributed by atoms with E-state index >= 15 is 0 Å². The van der Waals surface area contributed by atoms with Crippen LogP contribution in [0, 0.1) is 0 Å². The van der Waals surface area contributed by atoms with Gasteiger partial charge >= 0.3 is 11.9 Å². The Labute approximate surface area is 363 Å². The van der Waals surface area contributed by atoms with Crippen LogP contribution in [-0.4, -0.2) is 130 Å². The molecule has 0 bridgehead atoms. The van der Waals surface area contributed by atoms with E-state index in [1.54, 1.807) is 0 Å². The van der Waals surface area contributed by atoms with Crippen LogP contribution >= 0.6 is 0 Å². The fourth-order valence-corrected chi connectivity index (χ4v) is 5.97. The second-order valence-corrected chi connectivity index (χ2v) is 15.3. The lowest BCUT2D eigenvalue weighted by Crippen LogP contribution is -2.43. The van der Waals surface area contributed by atoms with Crippen molar-refractivity contribution in [3.05, 3.63) is 24.6 Å². The largest absolute Gasteiger partial charge is 0.481 e. The van der Waals surface area contributed by atoms with Gasteiger partial charge in [-0.1, -0.05) is 64.5 Å². The molecule has 0 fully saturated rings. The quantitative estimate of drug-likeness (QED) is 0.0408. The van der Waals surface area contributed by atoms with Gasteiger partial charge in [0, 0.05) is 55.8 Å². The topological polar surface area (TPSA) is 266 Å². The summed E-state index contributed by atoms with van der Waals surface area (Å²) in [4.78, 5) is 69.4. The minimum absolute atomic E-state index is 0.0448. The van der Waals surface area contributed by atoms with Gasteiger partial charge in [-0.2, -0.15) is 0 Å². The molecule has 61 heavy (non-hydrogen) atoms. The Balaban J connectivity index is 3.69. The summed E-state index contributed by atoms with van der Waals surface area (Å²) < 4.78 is 21.4. The zero-order valence-electron chi connectivity index (χ0n) is 37.0. The number of nitrogens with two attached hydrogens (primary N) is 1. The summed E-state index contributed by atoms with van der Waals surface area (Å²) in [5.74, 6) is -3.24. The number of amides is 4. The highest BCUT2D eigenvalue weighted by atomic mass is 16.5. The third-order valence-electron chi connectivity index (χ3n) is 9.36. The molecule has 0 aliphatic heterocycles. The van der Waals surface area contributed by atoms with Crippen molar-refractivity contribution in [2.45, 2.75) is 148 Å². The number of ether oxygens (including phenoxy) is 4. The molecule has 0 spiro atoms. The SMILES string of the molecule is C=C(CC[C@H](NC(=O)COCCOCCNC(=O)COCCOCCNC(=O)CC[C@@H](C)NC(=C)CCCCCCCCCCCCC(=O)O)C(=O)O)N[C@H](C)CCC(N)=O. The lowest BCUT2D eigenvalue weighted by Gasteiger charge is -2.19. The lowest BCUT2D eigenvalue weighted by atomic mass is 10.0. The highest BCUT2D eigenvalue weighted by Crippen LogP contribution is 2.14. The van der Waals surface area contributed by atoms with Gasteiger partial charge in [0.25, 0.3) is 0 Å². The molecular formula is C43H78N6O12. The van der Waals surface area contributed by atoms with E-state index in [4.69, 9.17) is 29.8 Å². The maximum atomic E-state index is 12.2. The number of hydrogen-bond donors (Lipinski definition) is 8. The first-order valence-electron chi connectivity index (χ1n) is 21.9. The molecule has 352 valence electrons. The molecular weight excluding hydrogens is 793 g/mol. The number of allylic oxidation sites excluding steroid dienone is 2. The Hall–Kier alpha value is -4.26. The maximum Gasteiger partial charge on any atom is 0.326 e. The van der Waals surface area contributed by atoms with Crippen LogP contribution in [0.15, 0.2) is 24.6 Å². The second-order valence-electron chi connectivity index (χ2n) is 15.3. The fraction of sp³-hybridized carbons (Fsp3) is 0.767. The van der Waals surface area contributed by atoms with E-state index in [2.05, 4.69) is 39.7 Å². The molecule has 0 saturated carbocycles. The highest BCUT2D eigenvalue weighted by molar-refractivity contribution is 5.84. The molecule has 18 heteroatoms. The van der Waals surface area contributed by atoms with E-state index in [0.29, 0.717) is 44.5 Å². The summed E-state index contributed by atoms with van der Waals surface area (Å²) in [6.45, 7) is 13.3. The van der Waals surface area contributed by atoms with Crippen LogP contribution in [0.3, 0.4) is 0 Å². The summed E-state index contributed by atoms with van der Waals surface area (Å²) in [6, 6.07) is -1.04. The van der Waals surface area contributed by atoms with Crippen LogP contribution in [0.2, 0.25) is 0 Å². The van der Waals surface area contributed by atoms with Crippen LogP contribution < -0.4 is 32.3 Å². The van der Waals surface area contributed by atoms with Gasteiger partial charge in [0.15, 0.2) is 0 Å². The molecule has 0 rings (SSSR count). The van der Waals surface area contributed by atoms with Gasteiger partial charge in [0.2, 0.25) is 23.6 Å². The Morgan fingerprint density at radius 2 is 0.951 bits per heavy atom. The number of unbranched alkanes of at least 4 members (excludes halogenated alkanes) is 9. The summed E-state index contributed by atoms with van der Waals surface area (Å²) in [5, 5.41) is 32.5. The van der Waals surface area contributed by atoms with Gasteiger partial charge in [-0.25, -0.2) is 4.79 Å². The monoisotopic (exact) mass is 871 g/mol. The smallest absolute Gasteiger partial charge is 0.326 e. The van der Waals surface area contributed by atoms with Crippen molar-refractivity contribution in [3.8, 4) is 0 Å². The van der Waals surface area contributed by atoms with E-state index in [0.717, 1.165) is 37.8 Å². The van der Waals surface area contributed by atoms with Crippen LogP contribution in [0.1, 0.15) is 129 Å². The number of nitrogens with one attached hydrogen (secondary N) is 5. The predicted molar refractivity (Wildman–Crippen MR) is 232 cm³/mol. The Bertz CT molecular complexity index is 1270. The maximum absolute atomic E-state index is 12.2. The van der Waals surface area contributed by atoms with Gasteiger partial charge in [-0.05, 0) is 58.8 Å². The molecule has 18 nitrogen and oxygen atoms in total. The minimum atomic E-state index is -1.18. The van der Waals surface area contributed by atoms with Crippen molar-refractivity contribution >= 4 is 35.6 Å². The van der Waals surface area contributed by atoms with Crippen LogP contribution in [0.4, 0.5) is 0 Å². The average Bonchev–Trinajstić information content (AvgIpc) is 3.19. The first-order chi connectivity index (χ1) is 29.2. The molecule has 0 radical (unpaired) electrons. The van der Waals surface area contributed by atoms with Crippen LogP contribution in [0.5, 0.6) is 0 Å². The predicted octanol–water partition coefficient (Wildman–Crippen LogP) is 3.43. The molecule has 9 N–H and O–H groups in total. The molecule has 0 aromatic carbocycles. The van der Waals surface area contributed by atoms with Crippen molar-refractivity contribution in [2.75, 3.05) is 65.9 Å².